The van der Waals surface area contributed by atoms with Gasteiger partial charge in [0.2, 0.25) is 0 Å². The molecule has 0 aliphatic rings. The zero-order valence-corrected chi connectivity index (χ0v) is 6.98. The number of anilines is 1. The van der Waals surface area contributed by atoms with Crippen LogP contribution in [0.1, 0.15) is 0 Å². The molecule has 1 aromatic carbocycles. The quantitative estimate of drug-likeness (QED) is 0.635. The van der Waals surface area contributed by atoms with Gasteiger partial charge in [-0.2, -0.15) is 0 Å². The van der Waals surface area contributed by atoms with Gasteiger partial charge in [-0.05, 0) is 22.4 Å². The minimum absolute atomic E-state index is 0.793. The van der Waals surface area contributed by atoms with Crippen molar-refractivity contribution in [2.45, 2.75) is 0 Å². The van der Waals surface area contributed by atoms with E-state index in [1.54, 1.807) is 0 Å². The number of hydrogen-bond donors (Lipinski definition) is 0. The third-order valence-corrected chi connectivity index (χ3v) is 1.75. The summed E-state index contributed by atoms with van der Waals surface area (Å²) in [7, 11) is 3.92. The van der Waals surface area contributed by atoms with Crippen LogP contribution < -0.4 is 4.90 Å². The van der Waals surface area contributed by atoms with Crippen LogP contribution in [0, 0.1) is 0 Å². The number of rotatable bonds is 1. The second-order valence-corrected chi connectivity index (χ2v) is 2.80. The standard InChI is InChI=1S/C8H9N3O/c1-11(2)7-5-3-4-6-8(7)10-12-9-6/h3-5H,1-2H3. The molecular weight excluding hydrogens is 154 g/mol. The van der Waals surface area contributed by atoms with E-state index in [1.165, 1.54) is 0 Å². The monoisotopic (exact) mass is 163 g/mol. The Morgan fingerprint density at radius 3 is 2.83 bits per heavy atom. The SMILES string of the molecule is CN(C)c1cccc2nonc12. The van der Waals surface area contributed by atoms with Crippen LogP contribution in [0.2, 0.25) is 0 Å². The molecule has 4 heteroatoms. The molecule has 1 heterocycles. The minimum Gasteiger partial charge on any atom is -0.376 e. The van der Waals surface area contributed by atoms with Gasteiger partial charge in [-0.15, -0.1) is 0 Å². The van der Waals surface area contributed by atoms with Crippen molar-refractivity contribution in [1.82, 2.24) is 10.3 Å². The fraction of sp³-hybridized carbons (Fsp3) is 0.250. The summed E-state index contributed by atoms with van der Waals surface area (Å²) in [5, 5.41) is 7.56. The highest BCUT2D eigenvalue weighted by Crippen LogP contribution is 2.21. The van der Waals surface area contributed by atoms with Crippen LogP contribution >= 0.6 is 0 Å². The zero-order chi connectivity index (χ0) is 8.55. The predicted molar refractivity (Wildman–Crippen MR) is 46.1 cm³/mol. The average Bonchev–Trinajstić information content (AvgIpc) is 2.49. The number of nitrogens with zero attached hydrogens (tertiary/aromatic N) is 3. The lowest BCUT2D eigenvalue weighted by Gasteiger charge is -2.10. The van der Waals surface area contributed by atoms with Gasteiger partial charge in [0.25, 0.3) is 0 Å². The van der Waals surface area contributed by atoms with Gasteiger partial charge in [0, 0.05) is 14.1 Å². The Balaban J connectivity index is 2.73. The van der Waals surface area contributed by atoms with Crippen molar-refractivity contribution in [2.75, 3.05) is 19.0 Å². The van der Waals surface area contributed by atoms with E-state index in [9.17, 15) is 0 Å². The lowest BCUT2D eigenvalue weighted by Crippen LogP contribution is -2.08. The van der Waals surface area contributed by atoms with Crippen LogP contribution in [0.25, 0.3) is 11.0 Å². The van der Waals surface area contributed by atoms with Crippen LogP contribution in [0.3, 0.4) is 0 Å². The molecule has 0 saturated heterocycles. The Kier molecular flexibility index (Phi) is 1.46. The summed E-state index contributed by atoms with van der Waals surface area (Å²) in [5.41, 5.74) is 2.62. The Hall–Kier alpha value is -1.58. The van der Waals surface area contributed by atoms with E-state index in [2.05, 4.69) is 14.9 Å². The highest BCUT2D eigenvalue weighted by atomic mass is 16.6. The summed E-state index contributed by atoms with van der Waals surface area (Å²) in [5.74, 6) is 0. The molecule has 2 aromatic rings. The maximum absolute atomic E-state index is 4.63. The van der Waals surface area contributed by atoms with Crippen molar-refractivity contribution < 1.29 is 4.63 Å². The van der Waals surface area contributed by atoms with Gasteiger partial charge in [0.05, 0.1) is 5.69 Å². The first-order valence-electron chi connectivity index (χ1n) is 3.67. The molecule has 0 amide bonds. The lowest BCUT2D eigenvalue weighted by molar-refractivity contribution is 0.315. The molecule has 0 spiro atoms. The molecule has 0 bridgehead atoms. The fourth-order valence-corrected chi connectivity index (χ4v) is 1.15. The van der Waals surface area contributed by atoms with E-state index in [0.29, 0.717) is 0 Å². The highest BCUT2D eigenvalue weighted by molar-refractivity contribution is 5.87. The number of hydrogen-bond acceptors (Lipinski definition) is 4. The van der Waals surface area contributed by atoms with Crippen molar-refractivity contribution in [3.05, 3.63) is 18.2 Å². The Morgan fingerprint density at radius 1 is 1.25 bits per heavy atom. The van der Waals surface area contributed by atoms with Crippen molar-refractivity contribution in [2.24, 2.45) is 0 Å². The van der Waals surface area contributed by atoms with Crippen LogP contribution in [0.4, 0.5) is 5.69 Å². The summed E-state index contributed by atoms with van der Waals surface area (Å²) >= 11 is 0. The number of fused-ring (bicyclic) bond motifs is 1. The molecule has 0 saturated carbocycles. The van der Waals surface area contributed by atoms with E-state index in [-0.39, 0.29) is 0 Å². The first-order chi connectivity index (χ1) is 5.79. The minimum atomic E-state index is 0.793. The van der Waals surface area contributed by atoms with Gasteiger partial charge in [-0.1, -0.05) is 6.07 Å². The van der Waals surface area contributed by atoms with Gasteiger partial charge in [0.1, 0.15) is 5.52 Å². The summed E-state index contributed by atoms with van der Waals surface area (Å²) in [6.45, 7) is 0. The van der Waals surface area contributed by atoms with Crippen molar-refractivity contribution >= 4 is 16.7 Å². The summed E-state index contributed by atoms with van der Waals surface area (Å²) in [6, 6.07) is 5.78. The molecule has 2 rings (SSSR count). The fourth-order valence-electron chi connectivity index (χ4n) is 1.15. The molecule has 4 nitrogen and oxygen atoms in total. The van der Waals surface area contributed by atoms with E-state index in [1.807, 2.05) is 37.2 Å². The summed E-state index contributed by atoms with van der Waals surface area (Å²) in [4.78, 5) is 1.98. The Labute approximate surface area is 69.7 Å². The molecular formula is C8H9N3O. The molecule has 12 heavy (non-hydrogen) atoms. The van der Waals surface area contributed by atoms with Crippen LogP contribution in [-0.2, 0) is 0 Å². The molecule has 0 unspecified atom stereocenters. The van der Waals surface area contributed by atoms with Crippen LogP contribution in [-0.4, -0.2) is 24.4 Å². The van der Waals surface area contributed by atoms with E-state index in [0.717, 1.165) is 16.7 Å². The first kappa shape index (κ1) is 7.09. The molecule has 0 fully saturated rings. The Morgan fingerprint density at radius 2 is 2.08 bits per heavy atom. The van der Waals surface area contributed by atoms with Gasteiger partial charge in [-0.3, -0.25) is 0 Å². The third kappa shape index (κ3) is 0.922. The largest absolute Gasteiger partial charge is 0.376 e. The first-order valence-corrected chi connectivity index (χ1v) is 3.67. The van der Waals surface area contributed by atoms with E-state index >= 15 is 0 Å². The second kappa shape index (κ2) is 2.48. The van der Waals surface area contributed by atoms with Crippen molar-refractivity contribution in [1.29, 1.82) is 0 Å². The smallest absolute Gasteiger partial charge is 0.158 e. The number of aromatic nitrogens is 2. The normalized spacial score (nSPS) is 10.5. The summed E-state index contributed by atoms with van der Waals surface area (Å²) in [6.07, 6.45) is 0. The van der Waals surface area contributed by atoms with Gasteiger partial charge in [0.15, 0.2) is 5.52 Å². The average molecular weight is 163 g/mol. The topological polar surface area (TPSA) is 42.2 Å². The van der Waals surface area contributed by atoms with Crippen molar-refractivity contribution in [3.63, 3.8) is 0 Å². The highest BCUT2D eigenvalue weighted by Gasteiger charge is 2.06. The maximum Gasteiger partial charge on any atom is 0.158 e. The van der Waals surface area contributed by atoms with Crippen LogP contribution in [0.15, 0.2) is 22.8 Å². The zero-order valence-electron chi connectivity index (χ0n) is 6.98. The second-order valence-electron chi connectivity index (χ2n) is 2.80. The maximum atomic E-state index is 4.63. The van der Waals surface area contributed by atoms with Crippen LogP contribution in [0.5, 0.6) is 0 Å². The Bertz CT molecular complexity index is 394. The van der Waals surface area contributed by atoms with E-state index < -0.39 is 0 Å². The molecule has 0 aliphatic carbocycles. The van der Waals surface area contributed by atoms with Crippen molar-refractivity contribution in [3.8, 4) is 0 Å². The molecule has 0 aliphatic heterocycles. The third-order valence-electron chi connectivity index (χ3n) is 1.75. The van der Waals surface area contributed by atoms with Gasteiger partial charge in [-0.25, -0.2) is 4.63 Å². The van der Waals surface area contributed by atoms with Gasteiger partial charge >= 0.3 is 0 Å². The summed E-state index contributed by atoms with van der Waals surface area (Å²) < 4.78 is 4.63. The molecule has 1 aromatic heterocycles. The number of benzene rings is 1. The lowest BCUT2D eigenvalue weighted by atomic mass is 10.2. The molecule has 0 atom stereocenters. The van der Waals surface area contributed by atoms with E-state index in [4.69, 9.17) is 0 Å². The predicted octanol–water partition coefficient (Wildman–Crippen LogP) is 1.29. The molecule has 0 N–H and O–H groups in total. The molecule has 62 valence electrons. The molecule has 0 radical (unpaired) electrons. The van der Waals surface area contributed by atoms with Gasteiger partial charge < -0.3 is 4.90 Å².